The summed E-state index contributed by atoms with van der Waals surface area (Å²) in [6, 6.07) is 8.24. The first kappa shape index (κ1) is 13.3. The van der Waals surface area contributed by atoms with Gasteiger partial charge in [0.05, 0.1) is 11.3 Å². The molecule has 0 radical (unpaired) electrons. The van der Waals surface area contributed by atoms with Crippen molar-refractivity contribution in [2.75, 3.05) is 0 Å². The van der Waals surface area contributed by atoms with E-state index in [1.54, 1.807) is 17.4 Å². The van der Waals surface area contributed by atoms with Crippen molar-refractivity contribution in [2.45, 2.75) is 0 Å². The number of aromatic nitrogens is 2. The summed E-state index contributed by atoms with van der Waals surface area (Å²) in [7, 11) is 0. The minimum absolute atomic E-state index is 0.0493. The van der Waals surface area contributed by atoms with Crippen LogP contribution in [0.4, 0.5) is 0 Å². The van der Waals surface area contributed by atoms with E-state index in [0.717, 1.165) is 4.88 Å². The van der Waals surface area contributed by atoms with E-state index in [0.29, 0.717) is 11.3 Å². The average molecular weight is 298 g/mol. The van der Waals surface area contributed by atoms with Crippen LogP contribution >= 0.6 is 11.3 Å². The topological polar surface area (TPSA) is 71.7 Å². The lowest BCUT2D eigenvalue weighted by atomic mass is 10.2. The summed E-state index contributed by atoms with van der Waals surface area (Å²) in [5.74, 6) is -1.08. The molecule has 0 unspecified atom stereocenters. The van der Waals surface area contributed by atoms with Crippen molar-refractivity contribution in [1.29, 1.82) is 0 Å². The molecule has 3 rings (SSSR count). The molecule has 5 nitrogen and oxygen atoms in total. The van der Waals surface area contributed by atoms with Crippen molar-refractivity contribution in [3.8, 4) is 0 Å². The molecule has 1 N–H and O–H groups in total. The molecule has 0 aromatic carbocycles. The summed E-state index contributed by atoms with van der Waals surface area (Å²) in [5, 5.41) is 10.9. The second-order valence-corrected chi connectivity index (χ2v) is 5.30. The Morgan fingerprint density at radius 2 is 2.14 bits per heavy atom. The summed E-state index contributed by atoms with van der Waals surface area (Å²) in [6.45, 7) is 0. The molecule has 0 aliphatic heterocycles. The Labute approximate surface area is 123 Å². The molecule has 21 heavy (non-hydrogen) atoms. The van der Waals surface area contributed by atoms with Gasteiger partial charge in [-0.05, 0) is 35.7 Å². The molecular formula is C15H10N2O3S. The maximum absolute atomic E-state index is 12.0. The van der Waals surface area contributed by atoms with Crippen molar-refractivity contribution < 1.29 is 9.90 Å². The zero-order valence-corrected chi connectivity index (χ0v) is 11.6. The van der Waals surface area contributed by atoms with Crippen LogP contribution in [0, 0.1) is 0 Å². The Bertz CT molecular complexity index is 895. The second kappa shape index (κ2) is 5.34. The first-order valence-electron chi connectivity index (χ1n) is 6.12. The lowest BCUT2D eigenvalue weighted by Gasteiger charge is -2.02. The van der Waals surface area contributed by atoms with Gasteiger partial charge >= 0.3 is 5.97 Å². The highest BCUT2D eigenvalue weighted by molar-refractivity contribution is 7.10. The highest BCUT2D eigenvalue weighted by atomic mass is 32.1. The van der Waals surface area contributed by atoms with Gasteiger partial charge in [-0.2, -0.15) is 0 Å². The summed E-state index contributed by atoms with van der Waals surface area (Å²) < 4.78 is 1.23. The third-order valence-corrected chi connectivity index (χ3v) is 3.73. The quantitative estimate of drug-likeness (QED) is 0.807. The molecule has 0 saturated heterocycles. The van der Waals surface area contributed by atoms with Crippen LogP contribution in [-0.4, -0.2) is 20.5 Å². The fourth-order valence-corrected chi connectivity index (χ4v) is 2.50. The van der Waals surface area contributed by atoms with Crippen LogP contribution in [0.3, 0.4) is 0 Å². The van der Waals surface area contributed by atoms with Crippen molar-refractivity contribution in [2.24, 2.45) is 0 Å². The highest BCUT2D eigenvalue weighted by Gasteiger charge is 2.06. The monoisotopic (exact) mass is 298 g/mol. The van der Waals surface area contributed by atoms with E-state index in [2.05, 4.69) is 4.98 Å². The number of fused-ring (bicyclic) bond motifs is 1. The summed E-state index contributed by atoms with van der Waals surface area (Å²) >= 11 is 1.59. The molecule has 3 heterocycles. The van der Waals surface area contributed by atoms with Gasteiger partial charge in [-0.25, -0.2) is 9.78 Å². The van der Waals surface area contributed by atoms with Crippen molar-refractivity contribution in [3.63, 3.8) is 0 Å². The van der Waals surface area contributed by atoms with Crippen LogP contribution in [-0.2, 0) is 0 Å². The second-order valence-electron chi connectivity index (χ2n) is 4.32. The Balaban J connectivity index is 2.05. The van der Waals surface area contributed by atoms with Crippen LogP contribution < -0.4 is 5.56 Å². The van der Waals surface area contributed by atoms with Gasteiger partial charge in [-0.1, -0.05) is 6.07 Å². The van der Waals surface area contributed by atoms with Crippen molar-refractivity contribution in [3.05, 3.63) is 68.4 Å². The van der Waals surface area contributed by atoms with E-state index in [1.165, 1.54) is 28.8 Å². The van der Waals surface area contributed by atoms with Gasteiger partial charge in [-0.15, -0.1) is 11.3 Å². The van der Waals surface area contributed by atoms with Crippen molar-refractivity contribution in [1.82, 2.24) is 9.38 Å². The SMILES string of the molecule is O=C(O)c1ccc2nc(C=Cc3cccs3)cc(=O)n2c1. The van der Waals surface area contributed by atoms with Crippen LogP contribution in [0.15, 0.2) is 46.7 Å². The van der Waals surface area contributed by atoms with Gasteiger partial charge in [0, 0.05) is 17.1 Å². The largest absolute Gasteiger partial charge is 0.478 e. The first-order chi connectivity index (χ1) is 10.1. The van der Waals surface area contributed by atoms with E-state index in [1.807, 2.05) is 23.6 Å². The number of hydrogen-bond acceptors (Lipinski definition) is 4. The van der Waals surface area contributed by atoms with Crippen LogP contribution in [0.25, 0.3) is 17.8 Å². The summed E-state index contributed by atoms with van der Waals surface area (Å²) in [4.78, 5) is 28.3. The number of carboxylic acids is 1. The van der Waals surface area contributed by atoms with Crippen LogP contribution in [0.2, 0.25) is 0 Å². The van der Waals surface area contributed by atoms with E-state index in [-0.39, 0.29) is 11.1 Å². The highest BCUT2D eigenvalue weighted by Crippen LogP contribution is 2.12. The van der Waals surface area contributed by atoms with Crippen molar-refractivity contribution >= 4 is 35.1 Å². The smallest absolute Gasteiger partial charge is 0.337 e. The predicted molar refractivity (Wildman–Crippen MR) is 81.7 cm³/mol. The molecule has 0 saturated carbocycles. The number of hydrogen-bond donors (Lipinski definition) is 1. The number of pyridine rings is 1. The third kappa shape index (κ3) is 2.75. The molecule has 3 aromatic rings. The number of carboxylic acid groups (broad SMARTS) is 1. The third-order valence-electron chi connectivity index (χ3n) is 2.89. The molecule has 0 fully saturated rings. The molecule has 0 aliphatic rings. The molecule has 3 aromatic heterocycles. The minimum Gasteiger partial charge on any atom is -0.478 e. The average Bonchev–Trinajstić information content (AvgIpc) is 2.98. The van der Waals surface area contributed by atoms with Crippen LogP contribution in [0.5, 0.6) is 0 Å². The van der Waals surface area contributed by atoms with Gasteiger partial charge in [0.25, 0.3) is 5.56 Å². The van der Waals surface area contributed by atoms with E-state index < -0.39 is 5.97 Å². The van der Waals surface area contributed by atoms with Gasteiger partial charge in [0.1, 0.15) is 5.65 Å². The van der Waals surface area contributed by atoms with E-state index >= 15 is 0 Å². The van der Waals surface area contributed by atoms with E-state index in [4.69, 9.17) is 5.11 Å². The fourth-order valence-electron chi connectivity index (χ4n) is 1.89. The number of thiophene rings is 1. The molecule has 104 valence electrons. The maximum Gasteiger partial charge on any atom is 0.337 e. The molecule has 6 heteroatoms. The number of carbonyl (C=O) groups is 1. The zero-order valence-electron chi connectivity index (χ0n) is 10.8. The lowest BCUT2D eigenvalue weighted by Crippen LogP contribution is -2.15. The summed E-state index contributed by atoms with van der Waals surface area (Å²) in [5.41, 5.74) is 0.692. The van der Waals surface area contributed by atoms with Gasteiger partial charge in [-0.3, -0.25) is 9.20 Å². The van der Waals surface area contributed by atoms with Gasteiger partial charge in [0.2, 0.25) is 0 Å². The Kier molecular flexibility index (Phi) is 3.37. The molecule has 0 amide bonds. The molecule has 0 spiro atoms. The normalized spacial score (nSPS) is 11.2. The molecule has 0 atom stereocenters. The maximum atomic E-state index is 12.0. The fraction of sp³-hybridized carbons (Fsp3) is 0. The van der Waals surface area contributed by atoms with Crippen LogP contribution in [0.1, 0.15) is 20.9 Å². The molecular weight excluding hydrogens is 288 g/mol. The predicted octanol–water partition coefficient (Wildman–Crippen LogP) is 2.62. The Morgan fingerprint density at radius 1 is 1.29 bits per heavy atom. The number of nitrogens with zero attached hydrogens (tertiary/aromatic N) is 2. The molecule has 0 bridgehead atoms. The number of rotatable bonds is 3. The standard InChI is InChI=1S/C15H10N2O3S/c18-14-8-11(4-5-12-2-1-7-21-12)16-13-6-3-10(15(19)20)9-17(13)14/h1-9H,(H,19,20). The zero-order chi connectivity index (χ0) is 14.8. The lowest BCUT2D eigenvalue weighted by molar-refractivity contribution is 0.0696. The van der Waals surface area contributed by atoms with Gasteiger partial charge < -0.3 is 5.11 Å². The first-order valence-corrected chi connectivity index (χ1v) is 7.00. The number of aromatic carboxylic acids is 1. The minimum atomic E-state index is -1.08. The summed E-state index contributed by atoms with van der Waals surface area (Å²) in [6.07, 6.45) is 4.92. The Morgan fingerprint density at radius 3 is 2.86 bits per heavy atom. The molecule has 0 aliphatic carbocycles. The Hall–Kier alpha value is -2.73. The van der Waals surface area contributed by atoms with E-state index in [9.17, 15) is 9.59 Å². The van der Waals surface area contributed by atoms with Gasteiger partial charge in [0.15, 0.2) is 0 Å².